The zero-order valence-corrected chi connectivity index (χ0v) is 18.4. The van der Waals surface area contributed by atoms with Gasteiger partial charge in [0.2, 0.25) is 11.7 Å². The number of methoxy groups -OCH3 is 1. The Morgan fingerprint density at radius 1 is 1.19 bits per heavy atom. The molecule has 0 aliphatic carbocycles. The molecule has 0 bridgehead atoms. The highest BCUT2D eigenvalue weighted by atomic mass is 16.5. The minimum Gasteiger partial charge on any atom is -0.489 e. The Bertz CT molecular complexity index is 1210. The molecule has 164 valence electrons. The highest BCUT2D eigenvalue weighted by Crippen LogP contribution is 2.33. The minimum absolute atomic E-state index is 0.131. The number of rotatable bonds is 7. The Morgan fingerprint density at radius 3 is 2.47 bits per heavy atom. The molecule has 1 aromatic heterocycles. The van der Waals surface area contributed by atoms with Crippen molar-refractivity contribution in [2.24, 2.45) is 7.05 Å². The number of ether oxygens (including phenoxy) is 2. The van der Waals surface area contributed by atoms with Crippen molar-refractivity contribution in [2.75, 3.05) is 25.7 Å². The SMILES string of the molecule is CCOC(=O)c1nc(N(C)C(c2ccccc2)c2ccccc2C#N)n(C)c(=O)c1OC. The van der Waals surface area contributed by atoms with E-state index in [0.717, 1.165) is 11.1 Å². The number of nitrogens with zero attached hydrogens (tertiary/aromatic N) is 4. The Morgan fingerprint density at radius 2 is 1.84 bits per heavy atom. The molecule has 0 radical (unpaired) electrons. The maximum atomic E-state index is 13.0. The molecular formula is C24H24N4O4. The summed E-state index contributed by atoms with van der Waals surface area (Å²) in [5, 5.41) is 9.69. The monoisotopic (exact) mass is 432 g/mol. The number of carbonyl (C=O) groups is 1. The van der Waals surface area contributed by atoms with Gasteiger partial charge in [0.25, 0.3) is 5.56 Å². The van der Waals surface area contributed by atoms with Gasteiger partial charge in [0.05, 0.1) is 31.4 Å². The van der Waals surface area contributed by atoms with Gasteiger partial charge >= 0.3 is 5.97 Å². The van der Waals surface area contributed by atoms with Crippen LogP contribution in [0.25, 0.3) is 0 Å². The van der Waals surface area contributed by atoms with Gasteiger partial charge in [-0.3, -0.25) is 9.36 Å². The average Bonchev–Trinajstić information content (AvgIpc) is 2.81. The molecule has 0 aliphatic heterocycles. The molecular weight excluding hydrogens is 408 g/mol. The summed E-state index contributed by atoms with van der Waals surface area (Å²) in [6, 6.07) is 18.6. The predicted molar refractivity (Wildman–Crippen MR) is 120 cm³/mol. The number of benzene rings is 2. The molecule has 0 aliphatic rings. The molecule has 2 aromatic carbocycles. The second kappa shape index (κ2) is 9.79. The van der Waals surface area contributed by atoms with E-state index in [4.69, 9.17) is 9.47 Å². The van der Waals surface area contributed by atoms with Crippen LogP contribution in [-0.2, 0) is 11.8 Å². The fourth-order valence-corrected chi connectivity index (χ4v) is 3.61. The van der Waals surface area contributed by atoms with Gasteiger partial charge in [0, 0.05) is 14.1 Å². The van der Waals surface area contributed by atoms with Gasteiger partial charge in [-0.25, -0.2) is 9.78 Å². The normalized spacial score (nSPS) is 11.3. The summed E-state index contributed by atoms with van der Waals surface area (Å²) >= 11 is 0. The molecule has 1 atom stereocenters. The zero-order valence-electron chi connectivity index (χ0n) is 18.4. The van der Waals surface area contributed by atoms with Gasteiger partial charge in [0.1, 0.15) is 0 Å². The van der Waals surface area contributed by atoms with Gasteiger partial charge in [-0.15, -0.1) is 0 Å². The van der Waals surface area contributed by atoms with Crippen molar-refractivity contribution in [3.63, 3.8) is 0 Å². The Balaban J connectivity index is 2.25. The van der Waals surface area contributed by atoms with E-state index >= 15 is 0 Å². The van der Waals surface area contributed by atoms with Gasteiger partial charge in [-0.05, 0) is 24.1 Å². The van der Waals surface area contributed by atoms with Crippen LogP contribution < -0.4 is 15.2 Å². The molecule has 1 heterocycles. The smallest absolute Gasteiger partial charge is 0.361 e. The highest BCUT2D eigenvalue weighted by Gasteiger charge is 2.29. The minimum atomic E-state index is -0.745. The lowest BCUT2D eigenvalue weighted by atomic mass is 9.94. The summed E-state index contributed by atoms with van der Waals surface area (Å²) in [6.45, 7) is 1.80. The van der Waals surface area contributed by atoms with Crippen LogP contribution in [0, 0.1) is 11.3 Å². The Kier molecular flexibility index (Phi) is 6.90. The van der Waals surface area contributed by atoms with E-state index in [1.807, 2.05) is 42.5 Å². The third-order valence-electron chi connectivity index (χ3n) is 5.09. The van der Waals surface area contributed by atoms with Crippen molar-refractivity contribution in [1.82, 2.24) is 9.55 Å². The van der Waals surface area contributed by atoms with Gasteiger partial charge < -0.3 is 14.4 Å². The molecule has 0 saturated heterocycles. The summed E-state index contributed by atoms with van der Waals surface area (Å²) in [6.07, 6.45) is 0. The molecule has 1 unspecified atom stereocenters. The van der Waals surface area contributed by atoms with E-state index in [2.05, 4.69) is 11.1 Å². The molecule has 8 nitrogen and oxygen atoms in total. The molecule has 3 aromatic rings. The van der Waals surface area contributed by atoms with Crippen LogP contribution in [0.15, 0.2) is 59.4 Å². The van der Waals surface area contributed by atoms with Crippen molar-refractivity contribution in [2.45, 2.75) is 13.0 Å². The first-order valence-electron chi connectivity index (χ1n) is 10.0. The van der Waals surface area contributed by atoms with Gasteiger partial charge in [-0.1, -0.05) is 48.5 Å². The maximum Gasteiger partial charge on any atom is 0.361 e. The first kappa shape index (κ1) is 22.6. The number of esters is 1. The number of hydrogen-bond donors (Lipinski definition) is 0. The van der Waals surface area contributed by atoms with E-state index in [0.29, 0.717) is 5.56 Å². The number of nitriles is 1. The number of hydrogen-bond acceptors (Lipinski definition) is 7. The fraction of sp³-hybridized carbons (Fsp3) is 0.250. The van der Waals surface area contributed by atoms with E-state index < -0.39 is 17.6 Å². The third kappa shape index (κ3) is 4.18. The van der Waals surface area contributed by atoms with Crippen molar-refractivity contribution in [3.8, 4) is 11.8 Å². The van der Waals surface area contributed by atoms with Crippen LogP contribution in [-0.4, -0.2) is 36.3 Å². The van der Waals surface area contributed by atoms with Gasteiger partial charge in [-0.2, -0.15) is 5.26 Å². The standard InChI is InChI=1S/C24H24N4O4/c1-5-32-23(30)19-21(31-4)22(29)28(3)24(26-19)27(2)20(16-11-7-6-8-12-16)18-14-10-9-13-17(18)15-25/h6-14,20H,5H2,1-4H3. The molecule has 0 N–H and O–H groups in total. The lowest BCUT2D eigenvalue weighted by Gasteiger charge is -2.31. The maximum absolute atomic E-state index is 13.0. The van der Waals surface area contributed by atoms with E-state index in [1.54, 1.807) is 38.1 Å². The van der Waals surface area contributed by atoms with Crippen LogP contribution in [0.2, 0.25) is 0 Å². The predicted octanol–water partition coefficient (Wildman–Crippen LogP) is 3.06. The fourth-order valence-electron chi connectivity index (χ4n) is 3.61. The van der Waals surface area contributed by atoms with E-state index in [1.165, 1.54) is 11.7 Å². The molecule has 0 spiro atoms. The zero-order chi connectivity index (χ0) is 23.3. The first-order chi connectivity index (χ1) is 15.4. The molecule has 8 heteroatoms. The summed E-state index contributed by atoms with van der Waals surface area (Å²) in [5.74, 6) is -0.706. The topological polar surface area (TPSA) is 97.5 Å². The van der Waals surface area contributed by atoms with Gasteiger partial charge in [0.15, 0.2) is 5.69 Å². The molecule has 0 amide bonds. The Hall–Kier alpha value is -4.12. The van der Waals surface area contributed by atoms with Crippen LogP contribution in [0.5, 0.6) is 5.75 Å². The lowest BCUT2D eigenvalue weighted by molar-refractivity contribution is 0.0514. The number of anilines is 1. The molecule has 3 rings (SSSR count). The van der Waals surface area contributed by atoms with Crippen LogP contribution >= 0.6 is 0 Å². The van der Waals surface area contributed by atoms with Crippen molar-refractivity contribution in [3.05, 3.63) is 87.3 Å². The quantitative estimate of drug-likeness (QED) is 0.529. The van der Waals surface area contributed by atoms with Crippen molar-refractivity contribution < 1.29 is 14.3 Å². The second-order valence-corrected chi connectivity index (χ2v) is 7.00. The second-order valence-electron chi connectivity index (χ2n) is 7.00. The van der Waals surface area contributed by atoms with Crippen LogP contribution in [0.3, 0.4) is 0 Å². The summed E-state index contributed by atoms with van der Waals surface area (Å²) in [4.78, 5) is 31.7. The summed E-state index contributed by atoms with van der Waals surface area (Å²) in [5.41, 5.74) is 1.41. The number of aromatic nitrogens is 2. The molecule has 0 saturated carbocycles. The van der Waals surface area contributed by atoms with Crippen molar-refractivity contribution in [1.29, 1.82) is 5.26 Å². The van der Waals surface area contributed by atoms with E-state index in [-0.39, 0.29) is 24.0 Å². The molecule has 0 fully saturated rings. The lowest BCUT2D eigenvalue weighted by Crippen LogP contribution is -2.34. The largest absolute Gasteiger partial charge is 0.489 e. The average molecular weight is 432 g/mol. The van der Waals surface area contributed by atoms with Crippen LogP contribution in [0.1, 0.15) is 40.1 Å². The van der Waals surface area contributed by atoms with E-state index in [9.17, 15) is 14.9 Å². The first-order valence-corrected chi connectivity index (χ1v) is 10.0. The van der Waals surface area contributed by atoms with Crippen LogP contribution in [0.4, 0.5) is 5.95 Å². The van der Waals surface area contributed by atoms with Crippen molar-refractivity contribution >= 4 is 11.9 Å². The summed E-state index contributed by atoms with van der Waals surface area (Å²) < 4.78 is 11.6. The summed E-state index contributed by atoms with van der Waals surface area (Å²) in [7, 11) is 4.62. The highest BCUT2D eigenvalue weighted by molar-refractivity contribution is 5.90. The molecule has 32 heavy (non-hydrogen) atoms. The number of carbonyl (C=O) groups excluding carboxylic acids is 1. The Labute approximate surface area is 186 Å². The third-order valence-corrected chi connectivity index (χ3v) is 5.09.